The first-order valence-electron chi connectivity index (χ1n) is 12.6. The third-order valence-electron chi connectivity index (χ3n) is 5.59. The molecule has 0 aromatic rings. The average molecular weight is 515 g/mol. The van der Waals surface area contributed by atoms with Gasteiger partial charge in [0.2, 0.25) is 0 Å². The number of rotatable bonds is 23. The zero-order valence-electron chi connectivity index (χ0n) is 19.7. The van der Waals surface area contributed by atoms with Crippen LogP contribution in [0.4, 0.5) is 0 Å². The molecule has 5 heteroatoms. The molecule has 0 saturated heterocycles. The van der Waals surface area contributed by atoms with Crippen molar-refractivity contribution in [3.05, 3.63) is 0 Å². The predicted octanol–water partition coefficient (Wildman–Crippen LogP) is 9.03. The molecule has 0 radical (unpaired) electrons. The van der Waals surface area contributed by atoms with Crippen molar-refractivity contribution >= 4 is 7.60 Å². The number of unbranched alkanes of at least 4 members (excludes halogenated alkanes) is 18. The quantitative estimate of drug-likeness (QED) is 0.0841. The van der Waals surface area contributed by atoms with Gasteiger partial charge in [-0.2, -0.15) is 0 Å². The molecule has 0 heterocycles. The summed E-state index contributed by atoms with van der Waals surface area (Å²) in [7, 11) is -3.34. The van der Waals surface area contributed by atoms with Gasteiger partial charge in [-0.05, 0) is 12.8 Å². The van der Waals surface area contributed by atoms with E-state index in [0.29, 0.717) is 12.8 Å². The first-order chi connectivity index (χ1) is 13.6. The second-order valence-electron chi connectivity index (χ2n) is 8.56. The van der Waals surface area contributed by atoms with Gasteiger partial charge in [-0.25, -0.2) is 0 Å². The van der Waals surface area contributed by atoms with E-state index in [1.54, 1.807) is 0 Å². The van der Waals surface area contributed by atoms with Gasteiger partial charge in [-0.3, -0.25) is 4.57 Å². The third kappa shape index (κ3) is 26.8. The Balaban J connectivity index is 0. The molecular weight excluding hydrogens is 463 g/mol. The van der Waals surface area contributed by atoms with Crippen molar-refractivity contribution in [1.82, 2.24) is 0 Å². The molecule has 0 amide bonds. The van der Waals surface area contributed by atoms with Crippen molar-refractivity contribution in [2.24, 2.45) is 0 Å². The molecule has 0 aliphatic carbocycles. The summed E-state index contributed by atoms with van der Waals surface area (Å²) < 4.78 is 17.3. The monoisotopic (exact) mass is 516 g/mol. The van der Waals surface area contributed by atoms with Gasteiger partial charge in [-0.15, -0.1) is 0 Å². The fraction of sp³-hybridized carbons (Fsp3) is 1.00. The van der Waals surface area contributed by atoms with Gasteiger partial charge in [0.1, 0.15) is 0 Å². The second-order valence-corrected chi connectivity index (χ2v) is 10.5. The molecule has 0 aliphatic heterocycles. The zero-order valence-corrected chi connectivity index (χ0v) is 22.6. The van der Waals surface area contributed by atoms with E-state index < -0.39 is 7.60 Å². The smallest absolute Gasteiger partial charge is 0.324 e. The van der Waals surface area contributed by atoms with Crippen LogP contribution in [0.2, 0.25) is 0 Å². The molecule has 0 fully saturated rings. The van der Waals surface area contributed by atoms with Crippen LogP contribution in [0.1, 0.15) is 142 Å². The van der Waals surface area contributed by atoms with E-state index in [1.807, 2.05) is 0 Å². The minimum atomic E-state index is -3.34. The van der Waals surface area contributed by atoms with Crippen LogP contribution in [-0.2, 0) is 30.2 Å². The summed E-state index contributed by atoms with van der Waals surface area (Å²) in [6, 6.07) is 0. The Kier molecular flexibility index (Phi) is 27.7. The van der Waals surface area contributed by atoms with Crippen LogP contribution in [0.15, 0.2) is 0 Å². The molecule has 176 valence electrons. The largest absolute Gasteiger partial charge is 0.328 e. The van der Waals surface area contributed by atoms with Crippen LogP contribution < -0.4 is 0 Å². The fourth-order valence-electron chi connectivity index (χ4n) is 3.66. The Morgan fingerprint density at radius 2 is 0.862 bits per heavy atom. The molecule has 1 N–H and O–H groups in total. The Bertz CT molecular complexity index is 353. The van der Waals surface area contributed by atoms with Crippen LogP contribution in [0.5, 0.6) is 0 Å². The maximum Gasteiger partial charge on any atom is 0.328 e. The third-order valence-corrected chi connectivity index (χ3v) is 7.05. The van der Waals surface area contributed by atoms with Gasteiger partial charge in [0, 0.05) is 27.2 Å². The van der Waals surface area contributed by atoms with Crippen LogP contribution >= 0.6 is 7.60 Å². The van der Waals surface area contributed by atoms with Crippen molar-refractivity contribution in [3.63, 3.8) is 0 Å². The molecule has 3 nitrogen and oxygen atoms in total. The summed E-state index contributed by atoms with van der Waals surface area (Å²) in [5.41, 5.74) is 0. The molecule has 1 atom stereocenters. The van der Waals surface area contributed by atoms with Gasteiger partial charge in [0.15, 0.2) is 0 Å². The molecule has 0 spiro atoms. The van der Waals surface area contributed by atoms with Crippen LogP contribution in [0, 0.1) is 0 Å². The Hall–Kier alpha value is 0.838. The van der Waals surface area contributed by atoms with Crippen LogP contribution in [0.3, 0.4) is 0 Å². The molecule has 0 saturated carbocycles. The normalized spacial score (nSPS) is 13.2. The van der Waals surface area contributed by atoms with Gasteiger partial charge in [-0.1, -0.05) is 129 Å². The standard InChI is InChI=1S/C24H51O3P.Mo/c1-3-5-7-9-11-13-15-17-19-21-23-27-28(25,26)24-22-20-18-16-14-12-10-8-6-4-2;/h3-24H2,1-2H3,(H,25,26);. The summed E-state index contributed by atoms with van der Waals surface area (Å²) in [4.78, 5) is 9.91. The van der Waals surface area contributed by atoms with Gasteiger partial charge in [0.25, 0.3) is 0 Å². The second kappa shape index (κ2) is 25.1. The Labute approximate surface area is 197 Å². The van der Waals surface area contributed by atoms with Gasteiger partial charge in [0.05, 0.1) is 6.61 Å². The van der Waals surface area contributed by atoms with Crippen LogP contribution in [-0.4, -0.2) is 17.7 Å². The molecule has 0 aromatic carbocycles. The van der Waals surface area contributed by atoms with E-state index >= 15 is 0 Å². The molecule has 0 rings (SSSR count). The topological polar surface area (TPSA) is 46.5 Å². The van der Waals surface area contributed by atoms with Crippen molar-refractivity contribution in [1.29, 1.82) is 0 Å². The molecule has 0 aromatic heterocycles. The van der Waals surface area contributed by atoms with Gasteiger partial charge < -0.3 is 9.42 Å². The Morgan fingerprint density at radius 3 is 1.24 bits per heavy atom. The molecule has 0 bridgehead atoms. The summed E-state index contributed by atoms with van der Waals surface area (Å²) >= 11 is 0. The minimum absolute atomic E-state index is 0. The maximum absolute atomic E-state index is 12.0. The first kappa shape index (κ1) is 32.0. The zero-order chi connectivity index (χ0) is 20.8. The van der Waals surface area contributed by atoms with Crippen molar-refractivity contribution in [2.75, 3.05) is 12.8 Å². The first-order valence-corrected chi connectivity index (χ1v) is 14.3. The van der Waals surface area contributed by atoms with E-state index in [0.717, 1.165) is 25.7 Å². The Morgan fingerprint density at radius 1 is 0.552 bits per heavy atom. The summed E-state index contributed by atoms with van der Waals surface area (Å²) in [5.74, 6) is 0. The van der Waals surface area contributed by atoms with E-state index in [-0.39, 0.29) is 21.1 Å². The van der Waals surface area contributed by atoms with Crippen molar-refractivity contribution in [2.45, 2.75) is 142 Å². The summed E-state index contributed by atoms with van der Waals surface area (Å²) in [6.07, 6.45) is 25.4. The van der Waals surface area contributed by atoms with E-state index in [4.69, 9.17) is 4.52 Å². The molecule has 29 heavy (non-hydrogen) atoms. The van der Waals surface area contributed by atoms with Crippen LogP contribution in [0.25, 0.3) is 0 Å². The van der Waals surface area contributed by atoms with Crippen molar-refractivity contribution < 1.29 is 35.0 Å². The van der Waals surface area contributed by atoms with E-state index in [9.17, 15) is 9.46 Å². The molecule has 1 unspecified atom stereocenters. The average Bonchev–Trinajstić information content (AvgIpc) is 2.67. The number of hydrogen-bond donors (Lipinski definition) is 1. The maximum atomic E-state index is 12.0. The molecule has 0 aliphatic rings. The van der Waals surface area contributed by atoms with E-state index in [2.05, 4.69) is 13.8 Å². The predicted molar refractivity (Wildman–Crippen MR) is 124 cm³/mol. The van der Waals surface area contributed by atoms with E-state index in [1.165, 1.54) is 103 Å². The summed E-state index contributed by atoms with van der Waals surface area (Å²) in [5, 5.41) is 0. The molecular formula is C24H51MoO3P. The van der Waals surface area contributed by atoms with Crippen molar-refractivity contribution in [3.8, 4) is 0 Å². The SMILES string of the molecule is CCCCCCCCCCCCOP(=O)(O)CCCCCCCCCCCC.[Mo]. The fourth-order valence-corrected chi connectivity index (χ4v) is 4.83. The summed E-state index contributed by atoms with van der Waals surface area (Å²) in [6.45, 7) is 4.95. The minimum Gasteiger partial charge on any atom is -0.324 e. The number of hydrogen-bond acceptors (Lipinski definition) is 2. The van der Waals surface area contributed by atoms with Gasteiger partial charge >= 0.3 is 7.60 Å².